The quantitative estimate of drug-likeness (QED) is 0.698. The van der Waals surface area contributed by atoms with Crippen molar-refractivity contribution in [2.45, 2.75) is 31.9 Å². The Bertz CT molecular complexity index is 1010. The Kier molecular flexibility index (Phi) is 6.65. The Labute approximate surface area is 192 Å². The van der Waals surface area contributed by atoms with Crippen molar-refractivity contribution in [3.8, 4) is 11.1 Å². The fourth-order valence-electron chi connectivity index (χ4n) is 4.48. The van der Waals surface area contributed by atoms with Gasteiger partial charge in [0.25, 0.3) is 0 Å². The van der Waals surface area contributed by atoms with Gasteiger partial charge in [-0.15, -0.1) is 0 Å². The molecule has 1 aliphatic heterocycles. The van der Waals surface area contributed by atoms with Crippen molar-refractivity contribution in [3.63, 3.8) is 0 Å². The minimum atomic E-state index is -1.11. The molecule has 0 radical (unpaired) electrons. The number of hydrogen-bond acceptors (Lipinski definition) is 5. The highest BCUT2D eigenvalue weighted by Gasteiger charge is 2.35. The van der Waals surface area contributed by atoms with Gasteiger partial charge in [0.05, 0.1) is 13.2 Å². The van der Waals surface area contributed by atoms with E-state index in [0.717, 1.165) is 22.3 Å². The second kappa shape index (κ2) is 9.62. The van der Waals surface area contributed by atoms with E-state index in [0.29, 0.717) is 0 Å². The molecule has 0 bridgehead atoms. The van der Waals surface area contributed by atoms with Crippen molar-refractivity contribution in [1.29, 1.82) is 0 Å². The monoisotopic (exact) mass is 452 g/mol. The molecule has 1 fully saturated rings. The van der Waals surface area contributed by atoms with E-state index in [1.807, 2.05) is 50.2 Å². The number of nitrogens with one attached hydrogen (secondary N) is 1. The minimum Gasteiger partial charge on any atom is -0.479 e. The lowest BCUT2D eigenvalue weighted by molar-refractivity contribution is -0.160. The molecule has 2 atom stereocenters. The van der Waals surface area contributed by atoms with Crippen molar-refractivity contribution in [3.05, 3.63) is 59.7 Å². The molecular formula is C25H28N2O6. The van der Waals surface area contributed by atoms with E-state index < -0.39 is 24.2 Å². The Morgan fingerprint density at radius 1 is 1.09 bits per heavy atom. The number of nitrogens with zero attached hydrogens (tertiary/aromatic N) is 1. The van der Waals surface area contributed by atoms with Crippen LogP contribution in [0.5, 0.6) is 0 Å². The minimum absolute atomic E-state index is 0.0518. The van der Waals surface area contributed by atoms with Crippen LogP contribution in [0.3, 0.4) is 0 Å². The molecule has 2 aromatic rings. The third-order valence-corrected chi connectivity index (χ3v) is 6.20. The maximum absolute atomic E-state index is 13.0. The predicted molar refractivity (Wildman–Crippen MR) is 121 cm³/mol. The van der Waals surface area contributed by atoms with Gasteiger partial charge >= 0.3 is 12.1 Å². The summed E-state index contributed by atoms with van der Waals surface area (Å²) >= 11 is 0. The van der Waals surface area contributed by atoms with Crippen LogP contribution in [0.25, 0.3) is 11.1 Å². The second-order valence-electron chi connectivity index (χ2n) is 8.67. The first-order valence-electron chi connectivity index (χ1n) is 11.1. The summed E-state index contributed by atoms with van der Waals surface area (Å²) in [6.07, 6.45) is -1.74. The maximum atomic E-state index is 13.0. The molecule has 1 aliphatic carbocycles. The lowest BCUT2D eigenvalue weighted by Crippen LogP contribution is -2.56. The molecule has 8 nitrogen and oxygen atoms in total. The molecule has 1 unspecified atom stereocenters. The molecular weight excluding hydrogens is 424 g/mol. The third-order valence-electron chi connectivity index (χ3n) is 6.20. The van der Waals surface area contributed by atoms with E-state index >= 15 is 0 Å². The number of morpholine rings is 1. The van der Waals surface area contributed by atoms with Crippen LogP contribution in [0, 0.1) is 5.92 Å². The molecule has 0 saturated carbocycles. The standard InChI is InChI=1S/C25H28N2O6/c1-15(2)22(23(28)27-11-12-32-21(13-27)24(29)30)26-25(31)33-14-20-18-9-5-3-7-16(18)17-8-4-6-10-19(17)20/h3-10,15,20-22H,11-14H2,1-2H3,(H,26,31)(H,29,30)/t21?,22-/m0/s1. The molecule has 0 aromatic heterocycles. The number of ether oxygens (including phenoxy) is 2. The Morgan fingerprint density at radius 3 is 2.27 bits per heavy atom. The van der Waals surface area contributed by atoms with Gasteiger partial charge in [0.1, 0.15) is 12.6 Å². The number of fused-ring (bicyclic) bond motifs is 3. The fourth-order valence-corrected chi connectivity index (χ4v) is 4.48. The van der Waals surface area contributed by atoms with Crippen LogP contribution in [0.1, 0.15) is 30.9 Å². The van der Waals surface area contributed by atoms with Gasteiger partial charge in [-0.25, -0.2) is 9.59 Å². The smallest absolute Gasteiger partial charge is 0.407 e. The zero-order valence-electron chi connectivity index (χ0n) is 18.7. The molecule has 33 heavy (non-hydrogen) atoms. The van der Waals surface area contributed by atoms with Crippen LogP contribution in [-0.4, -0.2) is 66.4 Å². The van der Waals surface area contributed by atoms with E-state index in [1.165, 1.54) is 4.90 Å². The number of carboxylic acids is 1. The lowest BCUT2D eigenvalue weighted by atomic mass is 9.98. The molecule has 174 valence electrons. The molecule has 8 heteroatoms. The molecule has 2 N–H and O–H groups in total. The zero-order chi connectivity index (χ0) is 23.5. The normalized spacial score (nSPS) is 18.4. The Balaban J connectivity index is 1.41. The van der Waals surface area contributed by atoms with Crippen LogP contribution >= 0.6 is 0 Å². The second-order valence-corrected chi connectivity index (χ2v) is 8.67. The summed E-state index contributed by atoms with van der Waals surface area (Å²) in [5, 5.41) is 11.9. The first kappa shape index (κ1) is 22.8. The Morgan fingerprint density at radius 2 is 1.70 bits per heavy atom. The van der Waals surface area contributed by atoms with E-state index in [2.05, 4.69) is 17.4 Å². The number of alkyl carbamates (subject to hydrolysis) is 1. The molecule has 1 saturated heterocycles. The number of rotatable bonds is 6. The number of carbonyl (C=O) groups excluding carboxylic acids is 2. The van der Waals surface area contributed by atoms with Gasteiger partial charge in [-0.05, 0) is 28.2 Å². The summed E-state index contributed by atoms with van der Waals surface area (Å²) in [6, 6.07) is 15.3. The van der Waals surface area contributed by atoms with E-state index in [4.69, 9.17) is 9.47 Å². The maximum Gasteiger partial charge on any atom is 0.407 e. The van der Waals surface area contributed by atoms with Gasteiger partial charge in [-0.1, -0.05) is 62.4 Å². The lowest BCUT2D eigenvalue weighted by Gasteiger charge is -2.34. The van der Waals surface area contributed by atoms with Crippen LogP contribution in [0.15, 0.2) is 48.5 Å². The summed E-state index contributed by atoms with van der Waals surface area (Å²) < 4.78 is 10.8. The van der Waals surface area contributed by atoms with Gasteiger partial charge in [0.2, 0.25) is 5.91 Å². The van der Waals surface area contributed by atoms with Crippen molar-refractivity contribution < 1.29 is 29.0 Å². The molecule has 2 amide bonds. The highest BCUT2D eigenvalue weighted by molar-refractivity contribution is 5.87. The highest BCUT2D eigenvalue weighted by Crippen LogP contribution is 2.44. The average Bonchev–Trinajstić information content (AvgIpc) is 3.14. The predicted octanol–water partition coefficient (Wildman–Crippen LogP) is 2.86. The van der Waals surface area contributed by atoms with Gasteiger partial charge < -0.3 is 24.8 Å². The van der Waals surface area contributed by atoms with Crippen LogP contribution in [0.2, 0.25) is 0 Å². The number of carboxylic acid groups (broad SMARTS) is 1. The zero-order valence-corrected chi connectivity index (χ0v) is 18.7. The number of amides is 2. The van der Waals surface area contributed by atoms with Crippen LogP contribution in [-0.2, 0) is 19.1 Å². The van der Waals surface area contributed by atoms with E-state index in [-0.39, 0.29) is 44.0 Å². The van der Waals surface area contributed by atoms with E-state index in [9.17, 15) is 19.5 Å². The molecule has 2 aromatic carbocycles. The van der Waals surface area contributed by atoms with Crippen LogP contribution < -0.4 is 5.32 Å². The fraction of sp³-hybridized carbons (Fsp3) is 0.400. The van der Waals surface area contributed by atoms with Crippen molar-refractivity contribution in [1.82, 2.24) is 10.2 Å². The number of hydrogen-bond donors (Lipinski definition) is 2. The highest BCUT2D eigenvalue weighted by atomic mass is 16.5. The topological polar surface area (TPSA) is 105 Å². The van der Waals surface area contributed by atoms with Gasteiger partial charge in [-0.3, -0.25) is 4.79 Å². The van der Waals surface area contributed by atoms with Crippen molar-refractivity contribution in [2.24, 2.45) is 5.92 Å². The molecule has 0 spiro atoms. The summed E-state index contributed by atoms with van der Waals surface area (Å²) in [4.78, 5) is 38.4. The van der Waals surface area contributed by atoms with E-state index in [1.54, 1.807) is 0 Å². The van der Waals surface area contributed by atoms with Gasteiger partial charge in [0, 0.05) is 12.5 Å². The summed E-state index contributed by atoms with van der Waals surface area (Å²) in [7, 11) is 0. The van der Waals surface area contributed by atoms with Crippen LogP contribution in [0.4, 0.5) is 4.79 Å². The summed E-state index contributed by atoms with van der Waals surface area (Å²) in [5.74, 6) is -1.73. The third kappa shape index (κ3) is 4.71. The first-order chi connectivity index (χ1) is 15.9. The number of aliphatic carboxylic acids is 1. The summed E-state index contributed by atoms with van der Waals surface area (Å²) in [5.41, 5.74) is 4.49. The molecule has 1 heterocycles. The average molecular weight is 453 g/mol. The molecule has 2 aliphatic rings. The number of benzene rings is 2. The van der Waals surface area contributed by atoms with Crippen molar-refractivity contribution in [2.75, 3.05) is 26.3 Å². The summed E-state index contributed by atoms with van der Waals surface area (Å²) in [6.45, 7) is 4.15. The first-order valence-corrected chi connectivity index (χ1v) is 11.1. The van der Waals surface area contributed by atoms with Gasteiger partial charge in [-0.2, -0.15) is 0 Å². The number of carbonyl (C=O) groups is 3. The Hall–Kier alpha value is -3.39. The SMILES string of the molecule is CC(C)[C@H](NC(=O)OCC1c2ccccc2-c2ccccc21)C(=O)N1CCOC(C(=O)O)C1. The van der Waals surface area contributed by atoms with Gasteiger partial charge in [0.15, 0.2) is 6.10 Å². The van der Waals surface area contributed by atoms with Crippen molar-refractivity contribution >= 4 is 18.0 Å². The largest absolute Gasteiger partial charge is 0.479 e. The molecule has 4 rings (SSSR count).